The van der Waals surface area contributed by atoms with Crippen LogP contribution in [0.4, 0.5) is 4.79 Å². The first kappa shape index (κ1) is 25.0. The number of carbonyl (C=O) groups is 3. The number of aromatic nitrogens is 4. The quantitative estimate of drug-likeness (QED) is 0.513. The summed E-state index contributed by atoms with van der Waals surface area (Å²) in [7, 11) is 0. The molecule has 1 aromatic heterocycles. The SMILES string of the molecule is CC(C)C[C@H](NC(=O)[C@H](CC(C)C)NC(=O)OCc1ccccc1)C(=O)Cn1ncnn1. The van der Waals surface area contributed by atoms with E-state index >= 15 is 0 Å². The molecule has 0 aliphatic rings. The molecule has 2 amide bonds. The Morgan fingerprint density at radius 1 is 0.969 bits per heavy atom. The van der Waals surface area contributed by atoms with Crippen LogP contribution < -0.4 is 10.6 Å². The number of alkyl carbamates (subject to hydrolysis) is 1. The van der Waals surface area contributed by atoms with Crippen LogP contribution >= 0.6 is 0 Å². The number of ketones is 1. The molecule has 1 aromatic carbocycles. The molecule has 2 rings (SSSR count). The van der Waals surface area contributed by atoms with E-state index in [1.165, 1.54) is 11.1 Å². The summed E-state index contributed by atoms with van der Waals surface area (Å²) in [4.78, 5) is 39.2. The molecule has 32 heavy (non-hydrogen) atoms. The number of rotatable bonds is 12. The number of hydrogen-bond acceptors (Lipinski definition) is 7. The molecule has 1 heterocycles. The Morgan fingerprint density at radius 3 is 2.22 bits per heavy atom. The fraction of sp³-hybridized carbons (Fsp3) is 0.545. The zero-order chi connectivity index (χ0) is 23.5. The van der Waals surface area contributed by atoms with Crippen molar-refractivity contribution in [1.29, 1.82) is 0 Å². The van der Waals surface area contributed by atoms with Gasteiger partial charge in [-0.1, -0.05) is 58.0 Å². The Kier molecular flexibility index (Phi) is 9.77. The molecule has 0 saturated heterocycles. The van der Waals surface area contributed by atoms with E-state index < -0.39 is 24.1 Å². The number of Topliss-reactive ketones (excluding diaryl/α,β-unsaturated/α-hetero) is 1. The van der Waals surface area contributed by atoms with Gasteiger partial charge in [-0.15, -0.1) is 10.2 Å². The van der Waals surface area contributed by atoms with E-state index in [2.05, 4.69) is 26.0 Å². The number of tetrazole rings is 1. The Morgan fingerprint density at radius 2 is 1.62 bits per heavy atom. The summed E-state index contributed by atoms with van der Waals surface area (Å²) in [5, 5.41) is 16.6. The lowest BCUT2D eigenvalue weighted by Crippen LogP contribution is -2.52. The number of carbonyl (C=O) groups excluding carboxylic acids is 3. The molecule has 0 radical (unpaired) electrons. The van der Waals surface area contributed by atoms with Gasteiger partial charge in [0.2, 0.25) is 5.91 Å². The molecule has 174 valence electrons. The van der Waals surface area contributed by atoms with E-state index in [0.29, 0.717) is 12.8 Å². The average molecular weight is 445 g/mol. The first-order chi connectivity index (χ1) is 15.2. The summed E-state index contributed by atoms with van der Waals surface area (Å²) in [6.07, 6.45) is 1.41. The molecule has 10 nitrogen and oxygen atoms in total. The van der Waals surface area contributed by atoms with Gasteiger partial charge in [-0.25, -0.2) is 4.79 Å². The van der Waals surface area contributed by atoms with E-state index in [9.17, 15) is 14.4 Å². The standard InChI is InChI=1S/C22H32N6O4/c1-15(2)10-18(20(29)12-28-24-14-23-27-28)25-21(30)19(11-16(3)4)26-22(31)32-13-17-8-6-5-7-9-17/h5-9,14-16,18-19H,10-13H2,1-4H3,(H,25,30)(H,26,31)/t18-,19-/m0/s1. The first-order valence-corrected chi connectivity index (χ1v) is 10.8. The molecule has 2 aromatic rings. The highest BCUT2D eigenvalue weighted by molar-refractivity contribution is 5.92. The highest BCUT2D eigenvalue weighted by atomic mass is 16.5. The largest absolute Gasteiger partial charge is 0.445 e. The van der Waals surface area contributed by atoms with E-state index in [-0.39, 0.29) is 30.8 Å². The first-order valence-electron chi connectivity index (χ1n) is 10.8. The minimum Gasteiger partial charge on any atom is -0.445 e. The number of amides is 2. The van der Waals surface area contributed by atoms with Crippen LogP contribution in [0.2, 0.25) is 0 Å². The van der Waals surface area contributed by atoms with Gasteiger partial charge in [0.05, 0.1) is 6.04 Å². The molecule has 2 N–H and O–H groups in total. The Hall–Kier alpha value is -3.30. The molecule has 0 fully saturated rings. The maximum absolute atomic E-state index is 13.0. The monoisotopic (exact) mass is 444 g/mol. The molecule has 0 aliphatic heterocycles. The minimum atomic E-state index is -0.828. The normalized spacial score (nSPS) is 12.9. The molecule has 0 unspecified atom stereocenters. The number of benzene rings is 1. The number of nitrogens with one attached hydrogen (secondary N) is 2. The smallest absolute Gasteiger partial charge is 0.408 e. The summed E-state index contributed by atoms with van der Waals surface area (Å²) < 4.78 is 5.25. The molecule has 0 aliphatic carbocycles. The zero-order valence-corrected chi connectivity index (χ0v) is 19.0. The molecule has 2 atom stereocenters. The summed E-state index contributed by atoms with van der Waals surface area (Å²) in [6, 6.07) is 7.71. The van der Waals surface area contributed by atoms with Gasteiger partial charge in [-0.2, -0.15) is 4.80 Å². The van der Waals surface area contributed by atoms with Crippen molar-refractivity contribution in [2.75, 3.05) is 0 Å². The summed E-state index contributed by atoms with van der Waals surface area (Å²) in [5.41, 5.74) is 0.844. The molecule has 10 heteroatoms. The Balaban J connectivity index is 2.00. The van der Waals surface area contributed by atoms with Crippen molar-refractivity contribution in [3.8, 4) is 0 Å². The van der Waals surface area contributed by atoms with Crippen molar-refractivity contribution in [3.05, 3.63) is 42.2 Å². The highest BCUT2D eigenvalue weighted by Gasteiger charge is 2.28. The Labute approximate surface area is 188 Å². The predicted octanol–water partition coefficient (Wildman–Crippen LogP) is 2.11. The van der Waals surface area contributed by atoms with Crippen molar-refractivity contribution in [3.63, 3.8) is 0 Å². The van der Waals surface area contributed by atoms with Crippen LogP contribution in [0.25, 0.3) is 0 Å². The topological polar surface area (TPSA) is 128 Å². The van der Waals surface area contributed by atoms with Crippen LogP contribution in [-0.2, 0) is 27.5 Å². The van der Waals surface area contributed by atoms with Crippen LogP contribution in [0.3, 0.4) is 0 Å². The van der Waals surface area contributed by atoms with E-state index in [0.717, 1.165) is 5.56 Å². The zero-order valence-electron chi connectivity index (χ0n) is 19.0. The van der Waals surface area contributed by atoms with Gasteiger partial charge in [0.1, 0.15) is 19.2 Å². The molecule has 0 spiro atoms. The van der Waals surface area contributed by atoms with Crippen LogP contribution in [0.5, 0.6) is 0 Å². The van der Waals surface area contributed by atoms with E-state index in [1.54, 1.807) is 0 Å². The van der Waals surface area contributed by atoms with Gasteiger partial charge >= 0.3 is 6.09 Å². The van der Waals surface area contributed by atoms with Gasteiger partial charge in [0, 0.05) is 0 Å². The maximum atomic E-state index is 13.0. The van der Waals surface area contributed by atoms with Gasteiger partial charge in [-0.05, 0) is 35.5 Å². The van der Waals surface area contributed by atoms with Crippen molar-refractivity contribution in [1.82, 2.24) is 30.8 Å². The van der Waals surface area contributed by atoms with Crippen molar-refractivity contribution in [2.45, 2.75) is 65.8 Å². The molecule has 0 bridgehead atoms. The molecular weight excluding hydrogens is 412 g/mol. The second-order valence-electron chi connectivity index (χ2n) is 8.51. The van der Waals surface area contributed by atoms with Gasteiger partial charge in [-0.3, -0.25) is 9.59 Å². The minimum absolute atomic E-state index is 0.0982. The van der Waals surface area contributed by atoms with Gasteiger partial charge in [0.25, 0.3) is 0 Å². The van der Waals surface area contributed by atoms with Crippen LogP contribution in [0, 0.1) is 11.8 Å². The van der Waals surface area contributed by atoms with Crippen LogP contribution in [0.15, 0.2) is 36.7 Å². The average Bonchev–Trinajstić information content (AvgIpc) is 3.24. The lowest BCUT2D eigenvalue weighted by Gasteiger charge is -2.24. The predicted molar refractivity (Wildman–Crippen MR) is 117 cm³/mol. The third-order valence-corrected chi connectivity index (χ3v) is 4.63. The lowest BCUT2D eigenvalue weighted by atomic mass is 9.98. The highest BCUT2D eigenvalue weighted by Crippen LogP contribution is 2.10. The van der Waals surface area contributed by atoms with Crippen LogP contribution in [-0.4, -0.2) is 50.1 Å². The fourth-order valence-corrected chi connectivity index (χ4v) is 3.14. The molecule has 0 saturated carbocycles. The van der Waals surface area contributed by atoms with Crippen molar-refractivity contribution in [2.24, 2.45) is 11.8 Å². The second kappa shape index (κ2) is 12.5. The van der Waals surface area contributed by atoms with Crippen LogP contribution in [0.1, 0.15) is 46.1 Å². The number of hydrogen-bond donors (Lipinski definition) is 2. The second-order valence-corrected chi connectivity index (χ2v) is 8.51. The van der Waals surface area contributed by atoms with Gasteiger partial charge < -0.3 is 15.4 Å². The lowest BCUT2D eigenvalue weighted by molar-refractivity contribution is -0.130. The Bertz CT molecular complexity index is 855. The van der Waals surface area contributed by atoms with Crippen molar-refractivity contribution >= 4 is 17.8 Å². The third-order valence-electron chi connectivity index (χ3n) is 4.63. The molecular formula is C22H32N6O4. The maximum Gasteiger partial charge on any atom is 0.408 e. The number of nitrogens with zero attached hydrogens (tertiary/aromatic N) is 4. The van der Waals surface area contributed by atoms with Crippen molar-refractivity contribution < 1.29 is 19.1 Å². The van der Waals surface area contributed by atoms with Gasteiger partial charge in [0.15, 0.2) is 12.1 Å². The van der Waals surface area contributed by atoms with E-state index in [1.807, 2.05) is 58.0 Å². The summed E-state index contributed by atoms with van der Waals surface area (Å²) in [6.45, 7) is 7.83. The third kappa shape index (κ3) is 8.83. The number of ether oxygens (including phenoxy) is 1. The fourth-order valence-electron chi connectivity index (χ4n) is 3.14. The summed E-state index contributed by atoms with van der Waals surface area (Å²) >= 11 is 0. The summed E-state index contributed by atoms with van der Waals surface area (Å²) in [5.74, 6) is -0.361. The van der Waals surface area contributed by atoms with E-state index in [4.69, 9.17) is 4.74 Å².